The number of halogens is 3. The molecule has 3 aromatic rings. The molecule has 9 heteroatoms. The Bertz CT molecular complexity index is 965. The number of fused-ring (bicyclic) bond motifs is 1. The molecular formula is C19H19F3N4O2. The fraction of sp³-hybridized carbons (Fsp3) is 0.368. The van der Waals surface area contributed by atoms with Crippen LogP contribution in [-0.4, -0.2) is 38.2 Å². The molecule has 1 aromatic carbocycles. The van der Waals surface area contributed by atoms with Crippen LogP contribution in [0.4, 0.5) is 19.0 Å². The Hall–Kier alpha value is -2.81. The fourth-order valence-electron chi connectivity index (χ4n) is 3.43. The summed E-state index contributed by atoms with van der Waals surface area (Å²) in [5.74, 6) is 0.353. The number of nitrogens with one attached hydrogen (secondary N) is 1. The molecule has 0 amide bonds. The zero-order valence-electron chi connectivity index (χ0n) is 14.9. The predicted molar refractivity (Wildman–Crippen MR) is 97.0 cm³/mol. The van der Waals surface area contributed by atoms with Crippen molar-refractivity contribution in [2.45, 2.75) is 44.2 Å². The highest BCUT2D eigenvalue weighted by Gasteiger charge is 2.31. The average Bonchev–Trinajstić information content (AvgIpc) is 3.06. The van der Waals surface area contributed by atoms with Gasteiger partial charge in [0.25, 0.3) is 0 Å². The molecule has 1 aliphatic carbocycles. The van der Waals surface area contributed by atoms with E-state index in [4.69, 9.17) is 0 Å². The first kappa shape index (κ1) is 18.5. The predicted octanol–water partition coefficient (Wildman–Crippen LogP) is 4.01. The Morgan fingerprint density at radius 3 is 2.64 bits per heavy atom. The smallest absolute Gasteiger partial charge is 0.406 e. The SMILES string of the molecule is O[C@H]1CC[C@H](Nc2ccc3ncc(-c4cccc(OC(F)(F)F)c4)n3n2)CC1. The number of hydrogen-bond donors (Lipinski definition) is 2. The zero-order valence-corrected chi connectivity index (χ0v) is 14.9. The lowest BCUT2D eigenvalue weighted by molar-refractivity contribution is -0.274. The molecule has 2 heterocycles. The molecule has 0 saturated heterocycles. The van der Waals surface area contributed by atoms with Crippen molar-refractivity contribution in [2.24, 2.45) is 0 Å². The molecule has 28 heavy (non-hydrogen) atoms. The van der Waals surface area contributed by atoms with E-state index in [1.165, 1.54) is 18.2 Å². The van der Waals surface area contributed by atoms with Gasteiger partial charge in [-0.05, 0) is 49.9 Å². The summed E-state index contributed by atoms with van der Waals surface area (Å²) in [5, 5.41) is 17.5. The lowest BCUT2D eigenvalue weighted by Gasteiger charge is -2.26. The first-order valence-corrected chi connectivity index (χ1v) is 9.03. The molecule has 0 unspecified atom stereocenters. The van der Waals surface area contributed by atoms with Gasteiger partial charge >= 0.3 is 6.36 Å². The summed E-state index contributed by atoms with van der Waals surface area (Å²) in [6.07, 6.45) is -0.204. The van der Waals surface area contributed by atoms with Gasteiger partial charge in [-0.1, -0.05) is 12.1 Å². The van der Waals surface area contributed by atoms with Crippen LogP contribution in [0.3, 0.4) is 0 Å². The molecule has 0 aliphatic heterocycles. The number of imidazole rings is 1. The molecule has 1 saturated carbocycles. The Morgan fingerprint density at radius 2 is 1.89 bits per heavy atom. The van der Waals surface area contributed by atoms with Crippen LogP contribution in [0.5, 0.6) is 5.75 Å². The van der Waals surface area contributed by atoms with Gasteiger partial charge in [-0.3, -0.25) is 0 Å². The maximum atomic E-state index is 12.5. The Morgan fingerprint density at radius 1 is 1.11 bits per heavy atom. The summed E-state index contributed by atoms with van der Waals surface area (Å²) in [5.41, 5.74) is 1.66. The molecule has 6 nitrogen and oxygen atoms in total. The van der Waals surface area contributed by atoms with Gasteiger partial charge in [0.15, 0.2) is 5.65 Å². The van der Waals surface area contributed by atoms with Gasteiger partial charge in [0.05, 0.1) is 18.0 Å². The van der Waals surface area contributed by atoms with Crippen molar-refractivity contribution in [3.8, 4) is 17.0 Å². The number of benzene rings is 1. The van der Waals surface area contributed by atoms with Gasteiger partial charge in [-0.2, -0.15) is 0 Å². The number of aliphatic hydroxyl groups excluding tert-OH is 1. The third kappa shape index (κ3) is 4.19. The highest BCUT2D eigenvalue weighted by Crippen LogP contribution is 2.29. The standard InChI is InChI=1S/C19H19F3N4O2/c20-19(21,22)28-15-3-1-2-12(10-15)16-11-23-18-9-8-17(25-26(16)18)24-13-4-6-14(27)7-5-13/h1-3,8-11,13-14,27H,4-7H2,(H,24,25)/t13-,14-. The first-order chi connectivity index (χ1) is 13.4. The van der Waals surface area contributed by atoms with Crippen molar-refractivity contribution < 1.29 is 23.0 Å². The van der Waals surface area contributed by atoms with E-state index >= 15 is 0 Å². The second-order valence-electron chi connectivity index (χ2n) is 6.86. The van der Waals surface area contributed by atoms with Crippen LogP contribution in [0.1, 0.15) is 25.7 Å². The number of hydrogen-bond acceptors (Lipinski definition) is 5. The Labute approximate surface area is 159 Å². The Kier molecular flexibility index (Phi) is 4.84. The largest absolute Gasteiger partial charge is 0.573 e. The molecular weight excluding hydrogens is 373 g/mol. The molecule has 0 radical (unpaired) electrons. The molecule has 1 aliphatic rings. The maximum Gasteiger partial charge on any atom is 0.573 e. The number of alkyl halides is 3. The van der Waals surface area contributed by atoms with Crippen LogP contribution in [0, 0.1) is 0 Å². The molecule has 2 N–H and O–H groups in total. The highest BCUT2D eigenvalue weighted by molar-refractivity contribution is 5.65. The second kappa shape index (κ2) is 7.31. The number of nitrogens with zero attached hydrogens (tertiary/aromatic N) is 3. The van der Waals surface area contributed by atoms with Gasteiger partial charge in [-0.15, -0.1) is 18.3 Å². The van der Waals surface area contributed by atoms with E-state index in [0.717, 1.165) is 25.7 Å². The number of anilines is 1. The zero-order chi connectivity index (χ0) is 19.7. The highest BCUT2D eigenvalue weighted by atomic mass is 19.4. The lowest BCUT2D eigenvalue weighted by atomic mass is 9.93. The number of rotatable bonds is 4. The van der Waals surface area contributed by atoms with Crippen LogP contribution >= 0.6 is 0 Å². The summed E-state index contributed by atoms with van der Waals surface area (Å²) in [6, 6.07) is 9.57. The van der Waals surface area contributed by atoms with Crippen molar-refractivity contribution in [3.63, 3.8) is 0 Å². The minimum Gasteiger partial charge on any atom is -0.406 e. The van der Waals surface area contributed by atoms with E-state index in [2.05, 4.69) is 20.1 Å². The normalized spacial score (nSPS) is 20.3. The monoisotopic (exact) mass is 392 g/mol. The lowest BCUT2D eigenvalue weighted by Crippen LogP contribution is -2.28. The van der Waals surface area contributed by atoms with Crippen LogP contribution < -0.4 is 10.1 Å². The summed E-state index contributed by atoms with van der Waals surface area (Å²) in [6.45, 7) is 0. The van der Waals surface area contributed by atoms with Crippen molar-refractivity contribution in [2.75, 3.05) is 5.32 Å². The minimum atomic E-state index is -4.75. The summed E-state index contributed by atoms with van der Waals surface area (Å²) < 4.78 is 43.1. The summed E-state index contributed by atoms with van der Waals surface area (Å²) in [4.78, 5) is 4.27. The Balaban J connectivity index is 1.61. The van der Waals surface area contributed by atoms with E-state index in [1.54, 1.807) is 22.8 Å². The van der Waals surface area contributed by atoms with Crippen molar-refractivity contribution in [3.05, 3.63) is 42.6 Å². The maximum absolute atomic E-state index is 12.5. The van der Waals surface area contributed by atoms with Gasteiger partial charge < -0.3 is 15.2 Å². The quantitative estimate of drug-likeness (QED) is 0.702. The summed E-state index contributed by atoms with van der Waals surface area (Å²) in [7, 11) is 0. The third-order valence-corrected chi connectivity index (χ3v) is 4.77. The molecule has 1 fully saturated rings. The second-order valence-corrected chi connectivity index (χ2v) is 6.86. The topological polar surface area (TPSA) is 71.7 Å². The van der Waals surface area contributed by atoms with Gasteiger partial charge in [-0.25, -0.2) is 9.50 Å². The van der Waals surface area contributed by atoms with Gasteiger partial charge in [0.2, 0.25) is 0 Å². The van der Waals surface area contributed by atoms with Gasteiger partial charge in [0.1, 0.15) is 11.6 Å². The number of aromatic nitrogens is 3. The van der Waals surface area contributed by atoms with E-state index in [9.17, 15) is 18.3 Å². The van der Waals surface area contributed by atoms with Crippen LogP contribution in [0.25, 0.3) is 16.9 Å². The molecule has 0 bridgehead atoms. The molecule has 0 spiro atoms. The molecule has 0 atom stereocenters. The van der Waals surface area contributed by atoms with Crippen molar-refractivity contribution in [1.82, 2.24) is 14.6 Å². The van der Waals surface area contributed by atoms with Crippen molar-refractivity contribution in [1.29, 1.82) is 0 Å². The number of ether oxygens (including phenoxy) is 1. The van der Waals surface area contributed by atoms with E-state index in [1.807, 2.05) is 6.07 Å². The van der Waals surface area contributed by atoms with Crippen LogP contribution in [-0.2, 0) is 0 Å². The number of aliphatic hydroxyl groups is 1. The van der Waals surface area contributed by atoms with E-state index in [0.29, 0.717) is 22.7 Å². The van der Waals surface area contributed by atoms with Crippen LogP contribution in [0.2, 0.25) is 0 Å². The fourth-order valence-corrected chi connectivity index (χ4v) is 3.43. The minimum absolute atomic E-state index is 0.226. The van der Waals surface area contributed by atoms with Gasteiger partial charge in [0, 0.05) is 11.6 Å². The average molecular weight is 392 g/mol. The molecule has 148 valence electrons. The molecule has 4 rings (SSSR count). The van der Waals surface area contributed by atoms with Crippen LogP contribution in [0.15, 0.2) is 42.6 Å². The van der Waals surface area contributed by atoms with Crippen molar-refractivity contribution >= 4 is 11.5 Å². The first-order valence-electron chi connectivity index (χ1n) is 9.03. The van der Waals surface area contributed by atoms with E-state index < -0.39 is 6.36 Å². The molecule has 2 aromatic heterocycles. The third-order valence-electron chi connectivity index (χ3n) is 4.77. The van der Waals surface area contributed by atoms with E-state index in [-0.39, 0.29) is 17.9 Å². The summed E-state index contributed by atoms with van der Waals surface area (Å²) >= 11 is 0.